The maximum absolute atomic E-state index is 11.4. The minimum absolute atomic E-state index is 0.203. The topological polar surface area (TPSA) is 104 Å². The van der Waals surface area contributed by atoms with Gasteiger partial charge in [0.15, 0.2) is 0 Å². The zero-order chi connectivity index (χ0) is 18.3. The van der Waals surface area contributed by atoms with Gasteiger partial charge in [-0.2, -0.15) is 10.1 Å². The summed E-state index contributed by atoms with van der Waals surface area (Å²) in [6.07, 6.45) is 0. The van der Waals surface area contributed by atoms with Crippen molar-refractivity contribution in [2.45, 2.75) is 27.3 Å². The largest absolute Gasteiger partial charge is 0.366 e. The molecule has 0 aliphatic carbocycles. The first-order valence-corrected chi connectivity index (χ1v) is 8.32. The second-order valence-electron chi connectivity index (χ2n) is 6.35. The Hall–Kier alpha value is -3.42. The Balaban J connectivity index is 1.59. The van der Waals surface area contributed by atoms with Crippen molar-refractivity contribution in [3.05, 3.63) is 63.5 Å². The van der Waals surface area contributed by atoms with Crippen LogP contribution in [0.5, 0.6) is 0 Å². The molecule has 4 aromatic rings. The Morgan fingerprint density at radius 3 is 2.58 bits per heavy atom. The van der Waals surface area contributed by atoms with Gasteiger partial charge in [0.2, 0.25) is 0 Å². The smallest absolute Gasteiger partial charge is 0.323 e. The van der Waals surface area contributed by atoms with Gasteiger partial charge in [-0.05, 0) is 44.5 Å². The van der Waals surface area contributed by atoms with Crippen LogP contribution in [0.1, 0.15) is 22.6 Å². The van der Waals surface area contributed by atoms with Crippen LogP contribution in [0.4, 0.5) is 5.82 Å². The van der Waals surface area contributed by atoms with E-state index in [2.05, 4.69) is 30.4 Å². The lowest BCUT2D eigenvalue weighted by atomic mass is 10.2. The Morgan fingerprint density at radius 1 is 1.00 bits per heavy atom. The number of aromatic amines is 2. The molecule has 8 heteroatoms. The van der Waals surface area contributed by atoms with Crippen LogP contribution in [0.15, 0.2) is 35.1 Å². The van der Waals surface area contributed by atoms with Gasteiger partial charge in [0, 0.05) is 24.0 Å². The summed E-state index contributed by atoms with van der Waals surface area (Å²) in [5.74, 6) is 1.27. The van der Waals surface area contributed by atoms with Crippen LogP contribution in [0, 0.1) is 20.8 Å². The number of H-pyrrole nitrogens is 2. The summed E-state index contributed by atoms with van der Waals surface area (Å²) in [5, 5.41) is 7.76. The van der Waals surface area contributed by atoms with Crippen LogP contribution >= 0.6 is 0 Å². The Morgan fingerprint density at radius 2 is 1.81 bits per heavy atom. The molecule has 0 aliphatic heterocycles. The highest BCUT2D eigenvalue weighted by molar-refractivity contribution is 5.75. The van der Waals surface area contributed by atoms with Crippen molar-refractivity contribution >= 4 is 16.9 Å². The average molecular weight is 349 g/mol. The third-order valence-electron chi connectivity index (χ3n) is 4.10. The molecule has 26 heavy (non-hydrogen) atoms. The van der Waals surface area contributed by atoms with E-state index in [1.54, 1.807) is 4.68 Å². The van der Waals surface area contributed by atoms with Crippen LogP contribution in [-0.4, -0.2) is 29.7 Å². The molecule has 8 nitrogen and oxygen atoms in total. The normalized spacial score (nSPS) is 11.2. The Bertz CT molecular complexity index is 1150. The first-order valence-electron chi connectivity index (χ1n) is 8.32. The molecule has 0 spiro atoms. The van der Waals surface area contributed by atoms with E-state index in [9.17, 15) is 4.79 Å². The number of fused-ring (bicyclic) bond motifs is 1. The van der Waals surface area contributed by atoms with Crippen molar-refractivity contribution < 1.29 is 0 Å². The van der Waals surface area contributed by atoms with E-state index in [1.165, 1.54) is 0 Å². The summed E-state index contributed by atoms with van der Waals surface area (Å²) in [6, 6.07) is 9.68. The molecule has 0 saturated heterocycles. The number of imidazole rings is 1. The predicted molar refractivity (Wildman–Crippen MR) is 99.6 cm³/mol. The van der Waals surface area contributed by atoms with E-state index in [0.29, 0.717) is 12.5 Å². The summed E-state index contributed by atoms with van der Waals surface area (Å²) >= 11 is 0. The lowest BCUT2D eigenvalue weighted by Crippen LogP contribution is -2.09. The van der Waals surface area contributed by atoms with Gasteiger partial charge in [-0.1, -0.05) is 6.07 Å². The molecule has 0 aliphatic rings. The first kappa shape index (κ1) is 16.1. The molecule has 1 aromatic carbocycles. The second-order valence-corrected chi connectivity index (χ2v) is 6.35. The summed E-state index contributed by atoms with van der Waals surface area (Å²) in [7, 11) is 0. The molecule has 0 unspecified atom stereocenters. The van der Waals surface area contributed by atoms with Gasteiger partial charge >= 0.3 is 5.69 Å². The van der Waals surface area contributed by atoms with E-state index >= 15 is 0 Å². The van der Waals surface area contributed by atoms with Crippen LogP contribution in [0.2, 0.25) is 0 Å². The molecule has 0 bridgehead atoms. The average Bonchev–Trinajstić information content (AvgIpc) is 3.12. The monoisotopic (exact) mass is 349 g/mol. The van der Waals surface area contributed by atoms with Gasteiger partial charge in [-0.15, -0.1) is 0 Å². The quantitative estimate of drug-likeness (QED) is 0.525. The van der Waals surface area contributed by atoms with Gasteiger partial charge in [0.25, 0.3) is 5.95 Å². The summed E-state index contributed by atoms with van der Waals surface area (Å²) < 4.78 is 1.74. The van der Waals surface area contributed by atoms with Crippen molar-refractivity contribution in [3.8, 4) is 5.95 Å². The second kappa shape index (κ2) is 6.14. The van der Waals surface area contributed by atoms with Crippen molar-refractivity contribution in [1.29, 1.82) is 0 Å². The molecule has 0 saturated carbocycles. The van der Waals surface area contributed by atoms with Gasteiger partial charge < -0.3 is 15.3 Å². The molecule has 3 heterocycles. The molecule has 4 rings (SSSR count). The van der Waals surface area contributed by atoms with Gasteiger partial charge in [-0.3, -0.25) is 0 Å². The number of hydrogen-bond acceptors (Lipinski definition) is 5. The summed E-state index contributed by atoms with van der Waals surface area (Å²) in [6.45, 7) is 6.43. The van der Waals surface area contributed by atoms with Crippen LogP contribution in [0.25, 0.3) is 17.0 Å². The molecule has 3 N–H and O–H groups in total. The van der Waals surface area contributed by atoms with Crippen LogP contribution in [0.3, 0.4) is 0 Å². The molecular formula is C18H19N7O. The maximum atomic E-state index is 11.4. The van der Waals surface area contributed by atoms with E-state index < -0.39 is 0 Å². The maximum Gasteiger partial charge on any atom is 0.323 e. The molecule has 0 atom stereocenters. The number of nitrogens with one attached hydrogen (secondary N) is 3. The Kier molecular flexibility index (Phi) is 3.80. The van der Waals surface area contributed by atoms with E-state index in [0.717, 1.165) is 39.5 Å². The highest BCUT2D eigenvalue weighted by Crippen LogP contribution is 2.15. The number of aryl methyl sites for hydroxylation is 3. The number of anilines is 1. The molecule has 0 fully saturated rings. The zero-order valence-corrected chi connectivity index (χ0v) is 14.8. The minimum atomic E-state index is -0.203. The number of nitrogens with zero attached hydrogens (tertiary/aromatic N) is 4. The van der Waals surface area contributed by atoms with Crippen molar-refractivity contribution in [2.24, 2.45) is 0 Å². The van der Waals surface area contributed by atoms with Crippen molar-refractivity contribution in [1.82, 2.24) is 29.7 Å². The number of rotatable bonds is 4. The van der Waals surface area contributed by atoms with Gasteiger partial charge in [-0.25, -0.2) is 14.5 Å². The van der Waals surface area contributed by atoms with Gasteiger partial charge in [0.05, 0.1) is 16.7 Å². The number of hydrogen-bond donors (Lipinski definition) is 3. The third-order valence-corrected chi connectivity index (χ3v) is 4.10. The standard InChI is InChI=1S/C18H19N7O/c1-10-7-16(23-17(20-10)25-12(3)6-11(2)24-25)19-9-13-4-5-14-15(8-13)22-18(26)21-14/h4-8H,9H2,1-3H3,(H,19,20,23)(H2,21,22,26). The van der Waals surface area contributed by atoms with E-state index in [-0.39, 0.29) is 5.69 Å². The predicted octanol–water partition coefficient (Wildman–Crippen LogP) is 2.37. The Labute approximate surface area is 149 Å². The fraction of sp³-hybridized carbons (Fsp3) is 0.222. The lowest BCUT2D eigenvalue weighted by molar-refractivity contribution is 0.768. The fourth-order valence-electron chi connectivity index (χ4n) is 2.95. The molecule has 132 valence electrons. The molecule has 0 amide bonds. The summed E-state index contributed by atoms with van der Waals surface area (Å²) in [4.78, 5) is 25.9. The van der Waals surface area contributed by atoms with Gasteiger partial charge in [0.1, 0.15) is 5.82 Å². The fourth-order valence-corrected chi connectivity index (χ4v) is 2.95. The molecule has 0 radical (unpaired) electrons. The SMILES string of the molecule is Cc1cc(NCc2ccc3[nH]c(=O)[nH]c3c2)nc(-n2nc(C)cc2C)n1. The van der Waals surface area contributed by atoms with Crippen LogP contribution in [-0.2, 0) is 6.54 Å². The number of benzene rings is 1. The van der Waals surface area contributed by atoms with E-state index in [1.807, 2.05) is 51.1 Å². The highest BCUT2D eigenvalue weighted by Gasteiger charge is 2.09. The highest BCUT2D eigenvalue weighted by atomic mass is 16.1. The van der Waals surface area contributed by atoms with Crippen molar-refractivity contribution in [3.63, 3.8) is 0 Å². The molecule has 3 aromatic heterocycles. The minimum Gasteiger partial charge on any atom is -0.366 e. The zero-order valence-electron chi connectivity index (χ0n) is 14.8. The number of aromatic nitrogens is 6. The first-order chi connectivity index (χ1) is 12.5. The molecular weight excluding hydrogens is 330 g/mol. The van der Waals surface area contributed by atoms with Crippen LogP contribution < -0.4 is 11.0 Å². The lowest BCUT2D eigenvalue weighted by Gasteiger charge is -2.09. The van der Waals surface area contributed by atoms with Crippen molar-refractivity contribution in [2.75, 3.05) is 5.32 Å². The van der Waals surface area contributed by atoms with E-state index in [4.69, 9.17) is 0 Å². The summed E-state index contributed by atoms with van der Waals surface area (Å²) in [5.41, 5.74) is 5.19. The third kappa shape index (κ3) is 3.08.